The molecule has 2 aromatic rings. The van der Waals surface area contributed by atoms with Gasteiger partial charge in [-0.05, 0) is 61.5 Å². The fraction of sp³-hybridized carbons (Fsp3) is 0.474. The number of aromatic hydroxyl groups is 2. The van der Waals surface area contributed by atoms with Crippen LogP contribution < -0.4 is 5.32 Å². The predicted molar refractivity (Wildman–Crippen MR) is 96.2 cm³/mol. The van der Waals surface area contributed by atoms with Crippen molar-refractivity contribution in [2.24, 2.45) is 11.8 Å². The smallest absolute Gasteiger partial charge is 0.250 e. The lowest BCUT2D eigenvalue weighted by Crippen LogP contribution is -2.32. The Bertz CT molecular complexity index is 733. The van der Waals surface area contributed by atoms with Crippen molar-refractivity contribution in [1.82, 2.24) is 15.5 Å². The van der Waals surface area contributed by atoms with Gasteiger partial charge in [0.05, 0.1) is 0 Å². The van der Waals surface area contributed by atoms with Crippen LogP contribution in [-0.4, -0.2) is 33.4 Å². The maximum absolute atomic E-state index is 9.54. The molecular formula is C19H25N3O3. The molecule has 6 heteroatoms. The standard InChI is InChI=1S/C19H25N3O3/c1-12(2)18(14-7-9-20-10-8-14)19-21-17(25-22-19)6-4-13-3-5-15(23)16(24)11-13/h3-6,11-12,14,18,20,23-24H,7-10H2,1-2H3. The third-order valence-corrected chi connectivity index (χ3v) is 4.78. The molecule has 1 saturated heterocycles. The van der Waals surface area contributed by atoms with E-state index in [1.165, 1.54) is 12.1 Å². The van der Waals surface area contributed by atoms with Gasteiger partial charge in [0.2, 0.25) is 0 Å². The molecule has 6 nitrogen and oxygen atoms in total. The van der Waals surface area contributed by atoms with Crippen LogP contribution in [0.3, 0.4) is 0 Å². The number of phenolic OH excluding ortho intramolecular Hbond substituents is 2. The summed E-state index contributed by atoms with van der Waals surface area (Å²) >= 11 is 0. The fourth-order valence-corrected chi connectivity index (χ4v) is 3.52. The van der Waals surface area contributed by atoms with Crippen LogP contribution in [0.1, 0.15) is 49.9 Å². The van der Waals surface area contributed by atoms with Crippen LogP contribution in [0.25, 0.3) is 12.2 Å². The number of hydrogen-bond donors (Lipinski definition) is 3. The van der Waals surface area contributed by atoms with Crippen LogP contribution in [-0.2, 0) is 0 Å². The number of nitrogens with one attached hydrogen (secondary N) is 1. The molecule has 25 heavy (non-hydrogen) atoms. The molecule has 1 atom stereocenters. The SMILES string of the molecule is CC(C)C(c1noc(C=Cc2ccc(O)c(O)c2)n1)C1CCNCC1. The van der Waals surface area contributed by atoms with Crippen molar-refractivity contribution in [2.45, 2.75) is 32.6 Å². The third-order valence-electron chi connectivity index (χ3n) is 4.78. The molecule has 134 valence electrons. The zero-order chi connectivity index (χ0) is 17.8. The fourth-order valence-electron chi connectivity index (χ4n) is 3.52. The van der Waals surface area contributed by atoms with Gasteiger partial charge in [-0.1, -0.05) is 25.1 Å². The lowest BCUT2D eigenvalue weighted by atomic mass is 9.78. The van der Waals surface area contributed by atoms with Gasteiger partial charge in [-0.2, -0.15) is 4.98 Å². The second-order valence-corrected chi connectivity index (χ2v) is 6.93. The van der Waals surface area contributed by atoms with Gasteiger partial charge in [-0.25, -0.2) is 0 Å². The van der Waals surface area contributed by atoms with Crippen molar-refractivity contribution in [3.8, 4) is 11.5 Å². The Kier molecular flexibility index (Phi) is 5.38. The maximum atomic E-state index is 9.54. The number of hydrogen-bond acceptors (Lipinski definition) is 6. The summed E-state index contributed by atoms with van der Waals surface area (Å²) in [6, 6.07) is 4.63. The molecule has 0 amide bonds. The number of rotatable bonds is 5. The van der Waals surface area contributed by atoms with Crippen LogP contribution in [0.2, 0.25) is 0 Å². The monoisotopic (exact) mass is 343 g/mol. The lowest BCUT2D eigenvalue weighted by Gasteiger charge is -2.31. The molecule has 2 heterocycles. The van der Waals surface area contributed by atoms with E-state index in [1.807, 2.05) is 0 Å². The molecule has 0 aliphatic carbocycles. The van der Waals surface area contributed by atoms with Crippen molar-refractivity contribution < 1.29 is 14.7 Å². The highest BCUT2D eigenvalue weighted by molar-refractivity contribution is 5.67. The van der Waals surface area contributed by atoms with Crippen LogP contribution in [0.4, 0.5) is 0 Å². The summed E-state index contributed by atoms with van der Waals surface area (Å²) in [6.45, 7) is 6.50. The summed E-state index contributed by atoms with van der Waals surface area (Å²) in [7, 11) is 0. The first-order chi connectivity index (χ1) is 12.0. The Morgan fingerprint density at radius 3 is 2.60 bits per heavy atom. The zero-order valence-corrected chi connectivity index (χ0v) is 14.6. The van der Waals surface area contributed by atoms with Crippen LogP contribution in [0, 0.1) is 11.8 Å². The van der Waals surface area contributed by atoms with Crippen molar-refractivity contribution in [3.63, 3.8) is 0 Å². The summed E-state index contributed by atoms with van der Waals surface area (Å²) in [4.78, 5) is 4.57. The van der Waals surface area contributed by atoms with Gasteiger partial charge in [0.25, 0.3) is 5.89 Å². The average Bonchev–Trinajstić information content (AvgIpc) is 3.05. The van der Waals surface area contributed by atoms with E-state index in [0.717, 1.165) is 37.3 Å². The van der Waals surface area contributed by atoms with Crippen molar-refractivity contribution in [1.29, 1.82) is 0 Å². The van der Waals surface area contributed by atoms with E-state index in [4.69, 9.17) is 4.52 Å². The molecule has 1 aromatic heterocycles. The molecule has 0 radical (unpaired) electrons. The van der Waals surface area contributed by atoms with Gasteiger partial charge in [-0.3, -0.25) is 0 Å². The van der Waals surface area contributed by atoms with Crippen molar-refractivity contribution >= 4 is 12.2 Å². The van der Waals surface area contributed by atoms with Gasteiger partial charge in [0.1, 0.15) is 0 Å². The molecule has 1 aromatic carbocycles. The first-order valence-electron chi connectivity index (χ1n) is 8.79. The van der Waals surface area contributed by atoms with Crippen LogP contribution in [0.5, 0.6) is 11.5 Å². The Labute approximate surface area is 147 Å². The quantitative estimate of drug-likeness (QED) is 0.721. The van der Waals surface area contributed by atoms with E-state index in [2.05, 4.69) is 29.3 Å². The molecule has 1 aliphatic rings. The van der Waals surface area contributed by atoms with E-state index in [-0.39, 0.29) is 11.5 Å². The molecule has 0 spiro atoms. The van der Waals surface area contributed by atoms with E-state index in [1.54, 1.807) is 18.2 Å². The summed E-state index contributed by atoms with van der Waals surface area (Å²) in [5.74, 6) is 2.25. The molecule has 0 saturated carbocycles. The van der Waals surface area contributed by atoms with Crippen LogP contribution in [0.15, 0.2) is 22.7 Å². The first kappa shape index (κ1) is 17.5. The van der Waals surface area contributed by atoms with E-state index >= 15 is 0 Å². The summed E-state index contributed by atoms with van der Waals surface area (Å²) in [5, 5.41) is 26.5. The van der Waals surface area contributed by atoms with Crippen LogP contribution >= 0.6 is 0 Å². The van der Waals surface area contributed by atoms with Crippen molar-refractivity contribution in [2.75, 3.05) is 13.1 Å². The highest BCUT2D eigenvalue weighted by Crippen LogP contribution is 2.35. The molecule has 1 unspecified atom stereocenters. The molecule has 0 bridgehead atoms. The molecule has 1 fully saturated rings. The number of phenols is 2. The lowest BCUT2D eigenvalue weighted by molar-refractivity contribution is 0.256. The van der Waals surface area contributed by atoms with E-state index < -0.39 is 0 Å². The molecule has 3 rings (SSSR count). The topological polar surface area (TPSA) is 91.4 Å². The minimum Gasteiger partial charge on any atom is -0.504 e. The Morgan fingerprint density at radius 1 is 1.16 bits per heavy atom. The minimum atomic E-state index is -0.154. The van der Waals surface area contributed by atoms with Gasteiger partial charge in [0.15, 0.2) is 17.3 Å². The average molecular weight is 343 g/mol. The number of nitrogens with zero attached hydrogens (tertiary/aromatic N) is 2. The minimum absolute atomic E-state index is 0.140. The second-order valence-electron chi connectivity index (χ2n) is 6.93. The van der Waals surface area contributed by atoms with Gasteiger partial charge in [0, 0.05) is 12.0 Å². The molecule has 1 aliphatic heterocycles. The van der Waals surface area contributed by atoms with E-state index in [9.17, 15) is 10.2 Å². The second kappa shape index (κ2) is 7.70. The van der Waals surface area contributed by atoms with Gasteiger partial charge >= 0.3 is 0 Å². The summed E-state index contributed by atoms with van der Waals surface area (Å²) in [6.07, 6.45) is 5.76. The predicted octanol–water partition coefficient (Wildman–Crippen LogP) is 3.39. The summed E-state index contributed by atoms with van der Waals surface area (Å²) < 4.78 is 5.39. The van der Waals surface area contributed by atoms with E-state index in [0.29, 0.717) is 23.6 Å². The maximum Gasteiger partial charge on any atom is 0.250 e. The van der Waals surface area contributed by atoms with Gasteiger partial charge in [-0.15, -0.1) is 0 Å². The van der Waals surface area contributed by atoms with Crippen molar-refractivity contribution in [3.05, 3.63) is 35.5 Å². The largest absolute Gasteiger partial charge is 0.504 e. The highest BCUT2D eigenvalue weighted by Gasteiger charge is 2.31. The van der Waals surface area contributed by atoms with Gasteiger partial charge < -0.3 is 20.1 Å². The Morgan fingerprint density at radius 2 is 1.92 bits per heavy atom. The first-order valence-corrected chi connectivity index (χ1v) is 8.79. The Hall–Kier alpha value is -2.34. The Balaban J connectivity index is 1.75. The number of benzene rings is 1. The zero-order valence-electron chi connectivity index (χ0n) is 14.6. The molecule has 3 N–H and O–H groups in total. The highest BCUT2D eigenvalue weighted by atomic mass is 16.5. The normalized spacial score (nSPS) is 17.4. The number of piperidine rings is 1. The molecular weight excluding hydrogens is 318 g/mol. The number of aromatic nitrogens is 2. The third kappa shape index (κ3) is 4.20. The summed E-state index contributed by atoms with van der Waals surface area (Å²) in [5.41, 5.74) is 0.744.